The Bertz CT molecular complexity index is 999. The number of carbonyl (C=O) groups is 3. The Labute approximate surface area is 229 Å². The minimum absolute atomic E-state index is 0.0118. The molecule has 9 nitrogen and oxygen atoms in total. The van der Waals surface area contributed by atoms with E-state index in [4.69, 9.17) is 9.47 Å². The number of hydrogen-bond acceptors (Lipinski definition) is 8. The molecule has 7 atom stereocenters. The predicted octanol–water partition coefficient (Wildman–Crippen LogP) is 1.31. The third-order valence-corrected chi connectivity index (χ3v) is 11.0. The first kappa shape index (κ1) is 27.7. The van der Waals surface area contributed by atoms with Crippen LogP contribution in [0.25, 0.3) is 0 Å². The van der Waals surface area contributed by atoms with Crippen molar-refractivity contribution < 1.29 is 29.0 Å². The summed E-state index contributed by atoms with van der Waals surface area (Å²) in [7, 11) is 0. The maximum atomic E-state index is 14.5. The van der Waals surface area contributed by atoms with Crippen LogP contribution in [-0.2, 0) is 23.9 Å². The van der Waals surface area contributed by atoms with Crippen molar-refractivity contribution >= 4 is 29.5 Å². The summed E-state index contributed by atoms with van der Waals surface area (Å²) in [5.74, 6) is -2.17. The third kappa shape index (κ3) is 4.51. The van der Waals surface area contributed by atoms with Crippen molar-refractivity contribution in [3.8, 4) is 0 Å². The van der Waals surface area contributed by atoms with E-state index in [1.54, 1.807) is 16.7 Å². The molecule has 5 aliphatic heterocycles. The molecular weight excluding hydrogens is 506 g/mol. The minimum atomic E-state index is -0.921. The molecule has 0 aromatic heterocycles. The van der Waals surface area contributed by atoms with Crippen LogP contribution in [0.5, 0.6) is 0 Å². The summed E-state index contributed by atoms with van der Waals surface area (Å²) < 4.78 is 9.48. The monoisotopic (exact) mass is 547 g/mol. The standard InChI is InChI=1S/C28H41N3O6S/c1-4-19(2)20(18-32)31-23-25(34)30(12-11-29-13-16-36-17-14-29)10-7-9-28(23)21(24(31)33)22-26(35)37-15-6-5-8-27(22,3)38-28/h5,7-9,19-23,32H,4,6,10-18H2,1-3H3/t19-,20-,21-,22-,23?,27+,28-/m0/s1. The van der Waals surface area contributed by atoms with Gasteiger partial charge in [0.1, 0.15) is 6.04 Å². The lowest BCUT2D eigenvalue weighted by Crippen LogP contribution is -2.58. The van der Waals surface area contributed by atoms with E-state index < -0.39 is 33.4 Å². The maximum absolute atomic E-state index is 14.5. The van der Waals surface area contributed by atoms with Gasteiger partial charge in [0.05, 0.1) is 49.1 Å². The fourth-order valence-corrected chi connectivity index (χ4v) is 9.07. The summed E-state index contributed by atoms with van der Waals surface area (Å²) in [6, 6.07) is -1.31. The van der Waals surface area contributed by atoms with E-state index in [2.05, 4.69) is 4.90 Å². The summed E-state index contributed by atoms with van der Waals surface area (Å²) in [5, 5.41) is 10.5. The zero-order valence-electron chi connectivity index (χ0n) is 22.7. The molecule has 2 amide bonds. The van der Waals surface area contributed by atoms with Crippen LogP contribution in [0.2, 0.25) is 0 Å². The van der Waals surface area contributed by atoms with Crippen LogP contribution < -0.4 is 0 Å². The molecule has 0 bridgehead atoms. The van der Waals surface area contributed by atoms with Crippen molar-refractivity contribution in [1.82, 2.24) is 14.7 Å². The summed E-state index contributed by atoms with van der Waals surface area (Å²) >= 11 is 1.55. The van der Waals surface area contributed by atoms with Gasteiger partial charge in [0, 0.05) is 37.5 Å². The number of hydrogen-bond donors (Lipinski definition) is 1. The lowest BCUT2D eigenvalue weighted by molar-refractivity contribution is -0.155. The topological polar surface area (TPSA) is 99.6 Å². The smallest absolute Gasteiger partial charge is 0.311 e. The Hall–Kier alpha value is -1.88. The zero-order valence-corrected chi connectivity index (χ0v) is 23.5. The molecule has 38 heavy (non-hydrogen) atoms. The van der Waals surface area contributed by atoms with Crippen LogP contribution in [-0.4, -0.2) is 118 Å². The molecule has 0 aromatic carbocycles. The second kappa shape index (κ2) is 10.9. The van der Waals surface area contributed by atoms with E-state index in [0.29, 0.717) is 32.7 Å². The number of esters is 1. The van der Waals surface area contributed by atoms with Gasteiger partial charge in [-0.05, 0) is 19.3 Å². The molecule has 10 heteroatoms. The molecule has 0 saturated carbocycles. The van der Waals surface area contributed by atoms with Crippen molar-refractivity contribution in [2.75, 3.05) is 59.2 Å². The van der Waals surface area contributed by atoms with E-state index in [1.165, 1.54) is 0 Å². The number of morpholine rings is 1. The largest absolute Gasteiger partial charge is 0.465 e. The second-order valence-electron chi connectivity index (χ2n) is 11.4. The number of likely N-dealkylation sites (tertiary alicyclic amines) is 1. The number of thioether (sulfide) groups is 1. The first-order valence-corrected chi connectivity index (χ1v) is 14.8. The number of aliphatic hydroxyl groups excluding tert-OH is 1. The molecule has 1 spiro atoms. The van der Waals surface area contributed by atoms with Gasteiger partial charge in [-0.25, -0.2) is 0 Å². The van der Waals surface area contributed by atoms with E-state index in [9.17, 15) is 19.5 Å². The number of ether oxygens (including phenoxy) is 2. The Morgan fingerprint density at radius 3 is 2.55 bits per heavy atom. The van der Waals surface area contributed by atoms with Crippen LogP contribution in [0.1, 0.15) is 33.6 Å². The first-order valence-electron chi connectivity index (χ1n) is 14.0. The van der Waals surface area contributed by atoms with Gasteiger partial charge < -0.3 is 24.4 Å². The number of aliphatic hydroxyl groups is 1. The normalized spacial score (nSPS) is 37.2. The molecule has 1 N–H and O–H groups in total. The van der Waals surface area contributed by atoms with Crippen molar-refractivity contribution in [1.29, 1.82) is 0 Å². The summed E-state index contributed by atoms with van der Waals surface area (Å²) in [6.07, 6.45) is 9.47. The first-order chi connectivity index (χ1) is 18.3. The number of carbonyl (C=O) groups excluding carboxylic acids is 3. The number of nitrogens with zero attached hydrogens (tertiary/aromatic N) is 3. The average Bonchev–Trinajstić information content (AvgIpc) is 3.23. The molecule has 0 radical (unpaired) electrons. The highest BCUT2D eigenvalue weighted by atomic mass is 32.2. The Morgan fingerprint density at radius 2 is 1.84 bits per heavy atom. The van der Waals surface area contributed by atoms with E-state index in [0.717, 1.165) is 26.1 Å². The SMILES string of the molecule is CC[C@H](C)[C@H](CO)N1C(=O)[C@@H]2[C@H]3C(=O)OCCC=C[C@@]3(C)S[C@@]23C=CCN(CCN2CCOCC2)C(=O)C13. The molecule has 0 aromatic rings. The fourth-order valence-electron chi connectivity index (χ4n) is 6.93. The van der Waals surface area contributed by atoms with Crippen LogP contribution in [0.4, 0.5) is 0 Å². The van der Waals surface area contributed by atoms with Gasteiger partial charge in [0.15, 0.2) is 0 Å². The van der Waals surface area contributed by atoms with Gasteiger partial charge >= 0.3 is 5.97 Å². The van der Waals surface area contributed by atoms with Gasteiger partial charge in [0.2, 0.25) is 11.8 Å². The van der Waals surface area contributed by atoms with E-state index in [-0.39, 0.29) is 36.9 Å². The number of cyclic esters (lactones) is 1. The number of fused-ring (bicyclic) bond motifs is 2. The van der Waals surface area contributed by atoms with Gasteiger partial charge in [0.25, 0.3) is 0 Å². The summed E-state index contributed by atoms with van der Waals surface area (Å²) in [5.41, 5.74) is 0. The van der Waals surface area contributed by atoms with Crippen molar-refractivity contribution in [3.05, 3.63) is 24.3 Å². The Kier molecular flexibility index (Phi) is 7.97. The minimum Gasteiger partial charge on any atom is -0.465 e. The van der Waals surface area contributed by atoms with Gasteiger partial charge in [-0.2, -0.15) is 0 Å². The highest BCUT2D eigenvalue weighted by Gasteiger charge is 2.74. The molecule has 3 fully saturated rings. The van der Waals surface area contributed by atoms with Gasteiger partial charge in [-0.1, -0.05) is 44.6 Å². The predicted molar refractivity (Wildman–Crippen MR) is 144 cm³/mol. The molecule has 5 heterocycles. The van der Waals surface area contributed by atoms with Crippen LogP contribution in [0.15, 0.2) is 24.3 Å². The molecule has 0 aliphatic carbocycles. The van der Waals surface area contributed by atoms with Crippen LogP contribution >= 0.6 is 11.8 Å². The highest BCUT2D eigenvalue weighted by Crippen LogP contribution is 2.65. The molecular formula is C28H41N3O6S. The van der Waals surface area contributed by atoms with Crippen LogP contribution in [0.3, 0.4) is 0 Å². The molecule has 1 unspecified atom stereocenters. The lowest BCUT2D eigenvalue weighted by atomic mass is 9.74. The molecule has 5 rings (SSSR count). The van der Waals surface area contributed by atoms with Gasteiger partial charge in [-0.3, -0.25) is 19.3 Å². The Morgan fingerprint density at radius 1 is 1.08 bits per heavy atom. The van der Waals surface area contributed by atoms with Crippen molar-refractivity contribution in [2.45, 2.75) is 55.2 Å². The highest BCUT2D eigenvalue weighted by molar-refractivity contribution is 8.02. The molecule has 5 aliphatic rings. The summed E-state index contributed by atoms with van der Waals surface area (Å²) in [6.45, 7) is 10.9. The molecule has 3 saturated heterocycles. The van der Waals surface area contributed by atoms with Crippen molar-refractivity contribution in [2.24, 2.45) is 17.8 Å². The Balaban J connectivity index is 1.56. The second-order valence-corrected chi connectivity index (χ2v) is 13.2. The lowest BCUT2D eigenvalue weighted by Gasteiger charge is -2.41. The number of amides is 2. The third-order valence-electron chi connectivity index (χ3n) is 9.18. The van der Waals surface area contributed by atoms with E-state index >= 15 is 0 Å². The van der Waals surface area contributed by atoms with Gasteiger partial charge in [-0.15, -0.1) is 11.8 Å². The van der Waals surface area contributed by atoms with Crippen molar-refractivity contribution in [3.63, 3.8) is 0 Å². The average molecular weight is 548 g/mol. The maximum Gasteiger partial charge on any atom is 0.311 e. The summed E-state index contributed by atoms with van der Waals surface area (Å²) in [4.78, 5) is 48.1. The van der Waals surface area contributed by atoms with Crippen LogP contribution in [0, 0.1) is 17.8 Å². The quantitative estimate of drug-likeness (QED) is 0.376. The van der Waals surface area contributed by atoms with E-state index in [1.807, 2.05) is 50.0 Å². The zero-order chi connectivity index (χ0) is 27.1. The number of rotatable bonds is 7. The fraction of sp³-hybridized carbons (Fsp3) is 0.750. The molecule has 210 valence electrons.